The molecule has 0 N–H and O–H groups in total. The molecule has 2 aliphatic rings. The number of fused-ring (bicyclic) bond motifs is 2. The van der Waals surface area contributed by atoms with E-state index in [-0.39, 0.29) is 0 Å². The zero-order chi connectivity index (χ0) is 14.0. The molecular weight excluding hydrogens is 240 g/mol. The topological polar surface area (TPSA) is 0 Å². The first-order valence-electron chi connectivity index (χ1n) is 7.82. The SMILES string of the molecule is CC1(C)CCc2ccccc21.c1ccc2c(c1)CCC2. The Labute approximate surface area is 122 Å². The van der Waals surface area contributed by atoms with Gasteiger partial charge in [0.15, 0.2) is 0 Å². The summed E-state index contributed by atoms with van der Waals surface area (Å²) in [6.45, 7) is 4.66. The van der Waals surface area contributed by atoms with Gasteiger partial charge in [-0.25, -0.2) is 0 Å². The largest absolute Gasteiger partial charge is 0.0620 e. The molecule has 0 aromatic heterocycles. The van der Waals surface area contributed by atoms with Crippen molar-refractivity contribution in [3.05, 3.63) is 70.8 Å². The van der Waals surface area contributed by atoms with Gasteiger partial charge in [0.1, 0.15) is 0 Å². The highest BCUT2D eigenvalue weighted by Gasteiger charge is 2.28. The van der Waals surface area contributed by atoms with E-state index in [4.69, 9.17) is 0 Å². The third-order valence-electron chi connectivity index (χ3n) is 4.78. The minimum atomic E-state index is 0.427. The van der Waals surface area contributed by atoms with E-state index in [9.17, 15) is 0 Å². The van der Waals surface area contributed by atoms with Crippen LogP contribution in [-0.4, -0.2) is 0 Å². The van der Waals surface area contributed by atoms with E-state index in [0.29, 0.717) is 5.41 Å². The van der Waals surface area contributed by atoms with E-state index in [2.05, 4.69) is 62.4 Å². The molecule has 0 atom stereocenters. The van der Waals surface area contributed by atoms with Crippen LogP contribution in [0.4, 0.5) is 0 Å². The lowest BCUT2D eigenvalue weighted by Gasteiger charge is -2.18. The van der Waals surface area contributed by atoms with E-state index >= 15 is 0 Å². The molecule has 0 nitrogen and oxygen atoms in total. The van der Waals surface area contributed by atoms with E-state index in [0.717, 1.165) is 0 Å². The van der Waals surface area contributed by atoms with Crippen LogP contribution in [-0.2, 0) is 24.7 Å². The van der Waals surface area contributed by atoms with Gasteiger partial charge in [-0.2, -0.15) is 0 Å². The van der Waals surface area contributed by atoms with Crippen LogP contribution in [0.2, 0.25) is 0 Å². The fraction of sp³-hybridized carbons (Fsp3) is 0.400. The van der Waals surface area contributed by atoms with Gasteiger partial charge in [0.2, 0.25) is 0 Å². The van der Waals surface area contributed by atoms with Crippen molar-refractivity contribution in [1.82, 2.24) is 0 Å². The molecule has 0 fully saturated rings. The molecule has 0 aliphatic heterocycles. The molecule has 4 rings (SSSR count). The van der Waals surface area contributed by atoms with Crippen LogP contribution < -0.4 is 0 Å². The summed E-state index contributed by atoms with van der Waals surface area (Å²) in [6.07, 6.45) is 6.54. The zero-order valence-corrected chi connectivity index (χ0v) is 12.7. The summed E-state index contributed by atoms with van der Waals surface area (Å²) in [5.74, 6) is 0. The molecule has 0 saturated heterocycles. The molecular formula is C20H24. The van der Waals surface area contributed by atoms with Gasteiger partial charge in [-0.1, -0.05) is 62.4 Å². The maximum absolute atomic E-state index is 2.33. The van der Waals surface area contributed by atoms with Crippen LogP contribution in [0.15, 0.2) is 48.5 Å². The van der Waals surface area contributed by atoms with Gasteiger partial charge in [-0.05, 0) is 59.8 Å². The monoisotopic (exact) mass is 264 g/mol. The average Bonchev–Trinajstić information content (AvgIpc) is 3.05. The van der Waals surface area contributed by atoms with Gasteiger partial charge in [0.25, 0.3) is 0 Å². The molecule has 2 aromatic rings. The molecule has 0 radical (unpaired) electrons. The van der Waals surface area contributed by atoms with Crippen LogP contribution in [0.1, 0.15) is 48.9 Å². The minimum absolute atomic E-state index is 0.427. The van der Waals surface area contributed by atoms with Crippen molar-refractivity contribution in [2.45, 2.75) is 51.4 Å². The van der Waals surface area contributed by atoms with Crippen LogP contribution in [0.25, 0.3) is 0 Å². The Bertz CT molecular complexity index is 569. The predicted octanol–water partition coefficient (Wildman–Crippen LogP) is 5.09. The Hall–Kier alpha value is -1.56. The molecule has 104 valence electrons. The van der Waals surface area contributed by atoms with E-state index < -0.39 is 0 Å². The first-order valence-corrected chi connectivity index (χ1v) is 7.82. The van der Waals surface area contributed by atoms with Crippen LogP contribution in [0.5, 0.6) is 0 Å². The first kappa shape index (κ1) is 13.4. The van der Waals surface area contributed by atoms with Crippen LogP contribution in [0.3, 0.4) is 0 Å². The molecule has 0 spiro atoms. The molecule has 0 saturated carbocycles. The Morgan fingerprint density at radius 1 is 0.700 bits per heavy atom. The molecule has 20 heavy (non-hydrogen) atoms. The van der Waals surface area contributed by atoms with Gasteiger partial charge in [0.05, 0.1) is 0 Å². The second-order valence-electron chi connectivity index (χ2n) is 6.66. The third-order valence-corrected chi connectivity index (χ3v) is 4.78. The molecule has 0 unspecified atom stereocenters. The van der Waals surface area contributed by atoms with Gasteiger partial charge in [-0.3, -0.25) is 0 Å². The van der Waals surface area contributed by atoms with Gasteiger partial charge in [-0.15, -0.1) is 0 Å². The highest BCUT2D eigenvalue weighted by Crippen LogP contribution is 2.37. The number of hydrogen-bond acceptors (Lipinski definition) is 0. The van der Waals surface area contributed by atoms with Crippen molar-refractivity contribution in [1.29, 1.82) is 0 Å². The summed E-state index contributed by atoms with van der Waals surface area (Å²) < 4.78 is 0. The summed E-state index contributed by atoms with van der Waals surface area (Å²) in [4.78, 5) is 0. The molecule has 0 amide bonds. The fourth-order valence-electron chi connectivity index (χ4n) is 3.49. The standard InChI is InChI=1S/C11H14.C9H10/c1-11(2)8-7-9-5-3-4-6-10(9)11;1-2-5-9-7-3-6-8(9)4-1/h3-6H,7-8H2,1-2H3;1-2,4-5H,3,6-7H2. The number of benzene rings is 2. The second kappa shape index (κ2) is 5.44. The van der Waals surface area contributed by atoms with Gasteiger partial charge >= 0.3 is 0 Å². The number of aryl methyl sites for hydroxylation is 3. The highest BCUT2D eigenvalue weighted by molar-refractivity contribution is 5.37. The van der Waals surface area contributed by atoms with E-state index in [1.165, 1.54) is 32.1 Å². The maximum Gasteiger partial charge on any atom is -0.00977 e. The quantitative estimate of drug-likeness (QED) is 0.622. The maximum atomic E-state index is 2.33. The normalized spacial score (nSPS) is 17.9. The van der Waals surface area contributed by atoms with Crippen LogP contribution in [0, 0.1) is 0 Å². The molecule has 2 aliphatic carbocycles. The van der Waals surface area contributed by atoms with E-state index in [1.54, 1.807) is 22.3 Å². The number of rotatable bonds is 0. The summed E-state index contributed by atoms with van der Waals surface area (Å²) >= 11 is 0. The summed E-state index contributed by atoms with van der Waals surface area (Å²) in [7, 11) is 0. The molecule has 0 heterocycles. The molecule has 2 aromatic carbocycles. The number of hydrogen-bond donors (Lipinski definition) is 0. The lowest BCUT2D eigenvalue weighted by Crippen LogP contribution is -2.11. The smallest absolute Gasteiger partial charge is 0.00977 e. The van der Waals surface area contributed by atoms with Crippen molar-refractivity contribution in [2.75, 3.05) is 0 Å². The Kier molecular flexibility index (Phi) is 3.65. The Balaban J connectivity index is 0.000000123. The van der Waals surface area contributed by atoms with Crippen molar-refractivity contribution in [2.24, 2.45) is 0 Å². The summed E-state index contributed by atoms with van der Waals surface area (Å²) in [5.41, 5.74) is 6.67. The Morgan fingerprint density at radius 2 is 1.25 bits per heavy atom. The first-order chi connectivity index (χ1) is 9.67. The van der Waals surface area contributed by atoms with Crippen molar-refractivity contribution >= 4 is 0 Å². The summed E-state index contributed by atoms with van der Waals surface area (Å²) in [6, 6.07) is 17.5. The van der Waals surface area contributed by atoms with Gasteiger partial charge < -0.3 is 0 Å². The molecule has 0 bridgehead atoms. The average molecular weight is 264 g/mol. The predicted molar refractivity (Wildman–Crippen MR) is 86.3 cm³/mol. The fourth-order valence-corrected chi connectivity index (χ4v) is 3.49. The van der Waals surface area contributed by atoms with Crippen molar-refractivity contribution in [3.8, 4) is 0 Å². The lowest BCUT2D eigenvalue weighted by molar-refractivity contribution is 0.522. The molecule has 0 heteroatoms. The highest BCUT2D eigenvalue weighted by atomic mass is 14.3. The van der Waals surface area contributed by atoms with E-state index in [1.807, 2.05) is 0 Å². The Morgan fingerprint density at radius 3 is 1.85 bits per heavy atom. The van der Waals surface area contributed by atoms with Crippen molar-refractivity contribution < 1.29 is 0 Å². The van der Waals surface area contributed by atoms with Crippen LogP contribution >= 0.6 is 0 Å². The third kappa shape index (κ3) is 2.65. The van der Waals surface area contributed by atoms with Gasteiger partial charge in [0, 0.05) is 0 Å². The zero-order valence-electron chi connectivity index (χ0n) is 12.7. The van der Waals surface area contributed by atoms with Crippen molar-refractivity contribution in [3.63, 3.8) is 0 Å². The summed E-state index contributed by atoms with van der Waals surface area (Å²) in [5, 5.41) is 0. The minimum Gasteiger partial charge on any atom is -0.0620 e. The second-order valence-corrected chi connectivity index (χ2v) is 6.66. The lowest BCUT2D eigenvalue weighted by atomic mass is 9.87.